The van der Waals surface area contributed by atoms with Crippen molar-refractivity contribution in [3.63, 3.8) is 0 Å². The Morgan fingerprint density at radius 1 is 1.14 bits per heavy atom. The smallest absolute Gasteiger partial charge is 0.333 e. The highest BCUT2D eigenvalue weighted by molar-refractivity contribution is 5.81. The second kappa shape index (κ2) is 7.33. The summed E-state index contributed by atoms with van der Waals surface area (Å²) in [6.45, 7) is 2.15. The highest BCUT2D eigenvalue weighted by Gasteiger charge is 2.21. The Kier molecular flexibility index (Phi) is 5.21. The van der Waals surface area contributed by atoms with Crippen molar-refractivity contribution in [2.45, 2.75) is 13.0 Å². The summed E-state index contributed by atoms with van der Waals surface area (Å²) >= 11 is 0. The number of benzene rings is 2. The van der Waals surface area contributed by atoms with E-state index in [0.29, 0.717) is 6.61 Å². The highest BCUT2D eigenvalue weighted by Crippen LogP contribution is 2.24. The summed E-state index contributed by atoms with van der Waals surface area (Å²) < 4.78 is 10.3. The van der Waals surface area contributed by atoms with Crippen LogP contribution in [-0.4, -0.2) is 19.7 Å². The minimum atomic E-state index is -0.543. The number of esters is 1. The Hall–Kier alpha value is -2.49. The van der Waals surface area contributed by atoms with Gasteiger partial charge in [0.2, 0.25) is 0 Å². The number of nitrogens with one attached hydrogen (secondary N) is 1. The van der Waals surface area contributed by atoms with Crippen LogP contribution in [0.25, 0.3) is 0 Å². The van der Waals surface area contributed by atoms with Gasteiger partial charge in [-0.05, 0) is 24.6 Å². The molecule has 0 radical (unpaired) electrons. The summed E-state index contributed by atoms with van der Waals surface area (Å²) in [5.41, 5.74) is 1.66. The number of ether oxygens (including phenoxy) is 2. The molecule has 1 N–H and O–H groups in total. The van der Waals surface area contributed by atoms with Crippen LogP contribution >= 0.6 is 0 Å². The van der Waals surface area contributed by atoms with E-state index in [4.69, 9.17) is 9.47 Å². The standard InChI is InChI=1S/C17H19NO3/c1-3-21-17(19)16(13-8-5-4-6-9-13)18-14-10-7-11-15(12-14)20-2/h4-12,16,18H,3H2,1-2H3. The lowest BCUT2D eigenvalue weighted by atomic mass is 10.1. The molecule has 1 unspecified atom stereocenters. The molecule has 21 heavy (non-hydrogen) atoms. The van der Waals surface area contributed by atoms with Crippen LogP contribution in [0, 0.1) is 0 Å². The Morgan fingerprint density at radius 3 is 2.57 bits per heavy atom. The van der Waals surface area contributed by atoms with Gasteiger partial charge < -0.3 is 14.8 Å². The molecule has 110 valence electrons. The largest absolute Gasteiger partial charge is 0.497 e. The predicted molar refractivity (Wildman–Crippen MR) is 82.4 cm³/mol. The number of carbonyl (C=O) groups is 1. The number of anilines is 1. The van der Waals surface area contributed by atoms with Crippen LogP contribution in [0.4, 0.5) is 5.69 Å². The molecule has 0 aliphatic heterocycles. The molecule has 2 aromatic carbocycles. The van der Waals surface area contributed by atoms with Gasteiger partial charge in [-0.15, -0.1) is 0 Å². The van der Waals surface area contributed by atoms with Crippen LogP contribution in [0.1, 0.15) is 18.5 Å². The minimum absolute atomic E-state index is 0.300. The molecule has 0 saturated carbocycles. The van der Waals surface area contributed by atoms with E-state index in [0.717, 1.165) is 17.0 Å². The van der Waals surface area contributed by atoms with E-state index in [1.54, 1.807) is 14.0 Å². The first-order valence-electron chi connectivity index (χ1n) is 6.86. The second-order valence-electron chi connectivity index (χ2n) is 4.47. The van der Waals surface area contributed by atoms with Crippen LogP contribution in [0.3, 0.4) is 0 Å². The topological polar surface area (TPSA) is 47.6 Å². The number of hydrogen-bond donors (Lipinski definition) is 1. The number of methoxy groups -OCH3 is 1. The summed E-state index contributed by atoms with van der Waals surface area (Å²) in [5.74, 6) is 0.433. The zero-order valence-electron chi connectivity index (χ0n) is 12.2. The van der Waals surface area contributed by atoms with Crippen molar-refractivity contribution in [3.05, 3.63) is 60.2 Å². The van der Waals surface area contributed by atoms with Gasteiger partial charge >= 0.3 is 5.97 Å². The average molecular weight is 285 g/mol. The predicted octanol–water partition coefficient (Wildman–Crippen LogP) is 3.41. The van der Waals surface area contributed by atoms with Gasteiger partial charge in [0.1, 0.15) is 5.75 Å². The maximum absolute atomic E-state index is 12.2. The molecule has 4 nitrogen and oxygen atoms in total. The number of rotatable bonds is 6. The Morgan fingerprint density at radius 2 is 1.90 bits per heavy atom. The summed E-state index contributed by atoms with van der Waals surface area (Å²) in [7, 11) is 1.61. The molecular formula is C17H19NO3. The van der Waals surface area contributed by atoms with E-state index in [-0.39, 0.29) is 5.97 Å². The molecule has 0 spiro atoms. The molecule has 1 atom stereocenters. The van der Waals surface area contributed by atoms with Gasteiger partial charge in [0.15, 0.2) is 6.04 Å². The molecule has 0 heterocycles. The summed E-state index contributed by atoms with van der Waals surface area (Å²) in [6.07, 6.45) is 0. The second-order valence-corrected chi connectivity index (χ2v) is 4.47. The molecule has 4 heteroatoms. The van der Waals surface area contributed by atoms with E-state index in [9.17, 15) is 4.79 Å². The van der Waals surface area contributed by atoms with Gasteiger partial charge in [0, 0.05) is 11.8 Å². The zero-order valence-corrected chi connectivity index (χ0v) is 12.2. The van der Waals surface area contributed by atoms with E-state index >= 15 is 0 Å². The SMILES string of the molecule is CCOC(=O)C(Nc1cccc(OC)c1)c1ccccc1. The molecule has 0 bridgehead atoms. The molecule has 2 rings (SSSR count). The Balaban J connectivity index is 2.25. The fourth-order valence-corrected chi connectivity index (χ4v) is 2.03. The summed E-state index contributed by atoms with van der Waals surface area (Å²) in [5, 5.41) is 3.20. The van der Waals surface area contributed by atoms with Crippen molar-refractivity contribution in [2.24, 2.45) is 0 Å². The Bertz CT molecular complexity index is 584. The van der Waals surface area contributed by atoms with Gasteiger partial charge in [-0.25, -0.2) is 4.79 Å². The van der Waals surface area contributed by atoms with Gasteiger partial charge in [-0.3, -0.25) is 0 Å². The van der Waals surface area contributed by atoms with Gasteiger partial charge in [-0.2, -0.15) is 0 Å². The van der Waals surface area contributed by atoms with Crippen molar-refractivity contribution in [2.75, 3.05) is 19.0 Å². The highest BCUT2D eigenvalue weighted by atomic mass is 16.5. The zero-order chi connectivity index (χ0) is 15.1. The molecule has 0 aliphatic rings. The summed E-state index contributed by atoms with van der Waals surface area (Å²) in [6, 6.07) is 16.4. The van der Waals surface area contributed by atoms with Gasteiger partial charge in [0.25, 0.3) is 0 Å². The van der Waals surface area contributed by atoms with Gasteiger partial charge in [0.05, 0.1) is 13.7 Å². The third-order valence-electron chi connectivity index (χ3n) is 3.04. The molecule has 0 aliphatic carbocycles. The van der Waals surface area contributed by atoms with E-state index in [2.05, 4.69) is 5.32 Å². The van der Waals surface area contributed by atoms with Crippen LogP contribution < -0.4 is 10.1 Å². The van der Waals surface area contributed by atoms with E-state index in [1.165, 1.54) is 0 Å². The lowest BCUT2D eigenvalue weighted by Crippen LogP contribution is -2.23. The monoisotopic (exact) mass is 285 g/mol. The Labute approximate surface area is 124 Å². The third-order valence-corrected chi connectivity index (χ3v) is 3.04. The lowest BCUT2D eigenvalue weighted by molar-refractivity contribution is -0.144. The molecule has 0 fully saturated rings. The summed E-state index contributed by atoms with van der Waals surface area (Å²) in [4.78, 5) is 12.2. The van der Waals surface area contributed by atoms with Crippen LogP contribution in [0.2, 0.25) is 0 Å². The van der Waals surface area contributed by atoms with Gasteiger partial charge in [-0.1, -0.05) is 36.4 Å². The third kappa shape index (κ3) is 3.99. The maximum Gasteiger partial charge on any atom is 0.333 e. The van der Waals surface area contributed by atoms with Crippen LogP contribution in [-0.2, 0) is 9.53 Å². The van der Waals surface area contributed by atoms with Crippen LogP contribution in [0.15, 0.2) is 54.6 Å². The lowest BCUT2D eigenvalue weighted by Gasteiger charge is -2.19. The minimum Gasteiger partial charge on any atom is -0.497 e. The quantitative estimate of drug-likeness (QED) is 0.826. The fraction of sp³-hybridized carbons (Fsp3) is 0.235. The van der Waals surface area contributed by atoms with Crippen molar-refractivity contribution >= 4 is 11.7 Å². The first kappa shape index (κ1) is 14.9. The van der Waals surface area contributed by atoms with E-state index < -0.39 is 6.04 Å². The van der Waals surface area contributed by atoms with Crippen molar-refractivity contribution in [3.8, 4) is 5.75 Å². The molecule has 0 aromatic heterocycles. The molecule has 0 amide bonds. The van der Waals surface area contributed by atoms with Crippen molar-refractivity contribution in [1.29, 1.82) is 0 Å². The number of hydrogen-bond acceptors (Lipinski definition) is 4. The molecular weight excluding hydrogens is 266 g/mol. The fourth-order valence-electron chi connectivity index (χ4n) is 2.03. The normalized spacial score (nSPS) is 11.5. The van der Waals surface area contributed by atoms with Crippen molar-refractivity contribution in [1.82, 2.24) is 0 Å². The first-order valence-corrected chi connectivity index (χ1v) is 6.86. The maximum atomic E-state index is 12.2. The van der Waals surface area contributed by atoms with Crippen molar-refractivity contribution < 1.29 is 14.3 Å². The molecule has 2 aromatic rings. The first-order chi connectivity index (χ1) is 10.2. The number of carbonyl (C=O) groups excluding carboxylic acids is 1. The van der Waals surface area contributed by atoms with Crippen LogP contribution in [0.5, 0.6) is 5.75 Å². The molecule has 0 saturated heterocycles. The van der Waals surface area contributed by atoms with E-state index in [1.807, 2.05) is 54.6 Å². The average Bonchev–Trinajstić information content (AvgIpc) is 2.54.